The van der Waals surface area contributed by atoms with E-state index in [0.717, 1.165) is 36.6 Å². The zero-order chi connectivity index (χ0) is 15.2. The maximum absolute atomic E-state index is 12.4. The van der Waals surface area contributed by atoms with Gasteiger partial charge in [0.25, 0.3) is 5.91 Å². The van der Waals surface area contributed by atoms with Gasteiger partial charge in [-0.3, -0.25) is 9.69 Å². The third-order valence-corrected chi connectivity index (χ3v) is 4.47. The molecule has 0 spiro atoms. The van der Waals surface area contributed by atoms with Gasteiger partial charge in [-0.05, 0) is 19.9 Å². The Morgan fingerprint density at radius 2 is 2.10 bits per heavy atom. The molecule has 1 aliphatic rings. The molecule has 1 saturated heterocycles. The van der Waals surface area contributed by atoms with Crippen LogP contribution in [0.5, 0.6) is 0 Å². The molecule has 1 amide bonds. The van der Waals surface area contributed by atoms with E-state index in [1.54, 1.807) is 0 Å². The Labute approximate surface area is 130 Å². The fraction of sp³-hybridized carbons (Fsp3) is 0.562. The van der Waals surface area contributed by atoms with Gasteiger partial charge in [0.15, 0.2) is 0 Å². The summed E-state index contributed by atoms with van der Waals surface area (Å²) < 4.78 is 0. The van der Waals surface area contributed by atoms with E-state index in [1.807, 2.05) is 16.3 Å². The number of aliphatic hydroxyl groups is 1. The summed E-state index contributed by atoms with van der Waals surface area (Å²) in [6.45, 7) is 7.91. The first kappa shape index (κ1) is 16.0. The molecule has 1 fully saturated rings. The van der Waals surface area contributed by atoms with Crippen LogP contribution in [0, 0.1) is 11.8 Å². The van der Waals surface area contributed by atoms with Crippen molar-refractivity contribution >= 4 is 17.2 Å². The molecule has 2 rings (SSSR count). The molecular weight excluding hydrogens is 284 g/mol. The van der Waals surface area contributed by atoms with Crippen molar-refractivity contribution in [2.24, 2.45) is 0 Å². The molecular formula is C16H22N2O2S. The van der Waals surface area contributed by atoms with Crippen molar-refractivity contribution in [3.05, 3.63) is 21.9 Å². The quantitative estimate of drug-likeness (QED) is 0.864. The lowest BCUT2D eigenvalue weighted by Gasteiger charge is -2.36. The predicted molar refractivity (Wildman–Crippen MR) is 85.5 cm³/mol. The van der Waals surface area contributed by atoms with Crippen LogP contribution in [0.4, 0.5) is 0 Å². The molecule has 0 saturated carbocycles. The van der Waals surface area contributed by atoms with Gasteiger partial charge in [0.05, 0.1) is 17.0 Å². The van der Waals surface area contributed by atoms with Crippen molar-refractivity contribution in [1.82, 2.24) is 9.80 Å². The topological polar surface area (TPSA) is 43.8 Å². The molecule has 1 aromatic heterocycles. The van der Waals surface area contributed by atoms with Crippen molar-refractivity contribution in [2.75, 3.05) is 32.8 Å². The molecule has 114 valence electrons. The molecule has 1 aliphatic heterocycles. The molecule has 4 nitrogen and oxygen atoms in total. The second-order valence-electron chi connectivity index (χ2n) is 5.40. The first-order chi connectivity index (χ1) is 10.1. The largest absolute Gasteiger partial charge is 0.395 e. The SMILES string of the molecule is CC(C)N1CCN(C(=O)c2csc(C#CCCO)c2)CC1. The highest BCUT2D eigenvalue weighted by atomic mass is 32.1. The van der Waals surface area contributed by atoms with Crippen molar-refractivity contribution < 1.29 is 9.90 Å². The molecule has 1 N–H and O–H groups in total. The summed E-state index contributed by atoms with van der Waals surface area (Å²) in [5.74, 6) is 5.96. The van der Waals surface area contributed by atoms with Crippen LogP contribution in [0.25, 0.3) is 0 Å². The van der Waals surface area contributed by atoms with E-state index in [4.69, 9.17) is 5.11 Å². The van der Waals surface area contributed by atoms with Gasteiger partial charge in [-0.15, -0.1) is 11.3 Å². The first-order valence-corrected chi connectivity index (χ1v) is 8.21. The molecule has 0 bridgehead atoms. The number of thiophene rings is 1. The number of hydrogen-bond donors (Lipinski definition) is 1. The molecule has 0 radical (unpaired) electrons. The average molecular weight is 306 g/mol. The number of rotatable bonds is 3. The molecule has 0 aromatic carbocycles. The van der Waals surface area contributed by atoms with E-state index in [0.29, 0.717) is 12.5 Å². The zero-order valence-electron chi connectivity index (χ0n) is 12.6. The highest BCUT2D eigenvalue weighted by Crippen LogP contribution is 2.17. The highest BCUT2D eigenvalue weighted by molar-refractivity contribution is 7.10. The Kier molecular flexibility index (Phi) is 5.80. The van der Waals surface area contributed by atoms with Crippen LogP contribution in [0.2, 0.25) is 0 Å². The third kappa shape index (κ3) is 4.31. The number of piperazine rings is 1. The molecule has 0 aliphatic carbocycles. The van der Waals surface area contributed by atoms with E-state index >= 15 is 0 Å². The Morgan fingerprint density at radius 1 is 1.38 bits per heavy atom. The number of carbonyl (C=O) groups excluding carboxylic acids is 1. The summed E-state index contributed by atoms with van der Waals surface area (Å²) in [5, 5.41) is 10.6. The molecule has 21 heavy (non-hydrogen) atoms. The van der Waals surface area contributed by atoms with Gasteiger partial charge in [-0.1, -0.05) is 11.8 Å². The fourth-order valence-corrected chi connectivity index (χ4v) is 3.09. The normalized spacial score (nSPS) is 15.9. The predicted octanol–water partition coefficient (Wildman–Crippen LogP) is 1.65. The summed E-state index contributed by atoms with van der Waals surface area (Å²) in [4.78, 5) is 17.6. The van der Waals surface area contributed by atoms with E-state index in [9.17, 15) is 4.79 Å². The van der Waals surface area contributed by atoms with Crippen LogP contribution < -0.4 is 0 Å². The van der Waals surface area contributed by atoms with Gasteiger partial charge >= 0.3 is 0 Å². The van der Waals surface area contributed by atoms with E-state index in [1.165, 1.54) is 11.3 Å². The average Bonchev–Trinajstić information content (AvgIpc) is 2.96. The monoisotopic (exact) mass is 306 g/mol. The summed E-state index contributed by atoms with van der Waals surface area (Å²) in [6.07, 6.45) is 0.471. The Bertz CT molecular complexity index is 534. The van der Waals surface area contributed by atoms with Gasteiger partial charge in [0.1, 0.15) is 0 Å². The minimum absolute atomic E-state index is 0.0737. The van der Waals surface area contributed by atoms with Gasteiger partial charge in [-0.25, -0.2) is 0 Å². The minimum atomic E-state index is 0.0737. The van der Waals surface area contributed by atoms with Crippen LogP contribution in [0.1, 0.15) is 35.5 Å². The van der Waals surface area contributed by atoms with Gasteiger partial charge in [0, 0.05) is 44.0 Å². The van der Waals surface area contributed by atoms with Crippen molar-refractivity contribution in [1.29, 1.82) is 0 Å². The van der Waals surface area contributed by atoms with Crippen molar-refractivity contribution in [2.45, 2.75) is 26.3 Å². The van der Waals surface area contributed by atoms with Gasteiger partial charge < -0.3 is 10.0 Å². The number of aliphatic hydroxyl groups excluding tert-OH is 1. The summed E-state index contributed by atoms with van der Waals surface area (Å²) in [5.41, 5.74) is 0.728. The fourth-order valence-electron chi connectivity index (χ4n) is 2.34. The maximum atomic E-state index is 12.4. The second kappa shape index (κ2) is 7.60. The lowest BCUT2D eigenvalue weighted by atomic mass is 10.2. The van der Waals surface area contributed by atoms with Gasteiger partial charge in [0.2, 0.25) is 0 Å². The number of carbonyl (C=O) groups is 1. The Balaban J connectivity index is 1.94. The number of hydrogen-bond acceptors (Lipinski definition) is 4. The van der Waals surface area contributed by atoms with Crippen molar-refractivity contribution in [3.8, 4) is 11.8 Å². The van der Waals surface area contributed by atoms with E-state index in [2.05, 4.69) is 30.6 Å². The number of nitrogens with zero attached hydrogens (tertiary/aromatic N) is 2. The smallest absolute Gasteiger partial charge is 0.254 e. The molecule has 1 aromatic rings. The first-order valence-electron chi connectivity index (χ1n) is 7.33. The Morgan fingerprint density at radius 3 is 2.71 bits per heavy atom. The molecule has 0 unspecified atom stereocenters. The summed E-state index contributed by atoms with van der Waals surface area (Å²) in [7, 11) is 0. The van der Waals surface area contributed by atoms with Crippen LogP contribution in [-0.4, -0.2) is 59.6 Å². The van der Waals surface area contributed by atoms with Gasteiger partial charge in [-0.2, -0.15) is 0 Å². The van der Waals surface area contributed by atoms with E-state index in [-0.39, 0.29) is 12.5 Å². The third-order valence-electron chi connectivity index (χ3n) is 3.63. The van der Waals surface area contributed by atoms with Crippen LogP contribution in [-0.2, 0) is 0 Å². The van der Waals surface area contributed by atoms with Crippen LogP contribution >= 0.6 is 11.3 Å². The highest BCUT2D eigenvalue weighted by Gasteiger charge is 2.23. The minimum Gasteiger partial charge on any atom is -0.395 e. The van der Waals surface area contributed by atoms with Crippen molar-refractivity contribution in [3.63, 3.8) is 0 Å². The molecule has 5 heteroatoms. The summed E-state index contributed by atoms with van der Waals surface area (Å²) in [6, 6.07) is 2.39. The second-order valence-corrected chi connectivity index (χ2v) is 6.31. The van der Waals surface area contributed by atoms with Crippen LogP contribution in [0.3, 0.4) is 0 Å². The van der Waals surface area contributed by atoms with E-state index < -0.39 is 0 Å². The standard InChI is InChI=1S/C16H22N2O2S/c1-13(2)17-6-8-18(9-7-17)16(20)14-11-15(21-12-14)5-3-4-10-19/h11-13,19H,4,6-10H2,1-2H3. The Hall–Kier alpha value is -1.35. The summed E-state index contributed by atoms with van der Waals surface area (Å²) >= 11 is 1.48. The lowest BCUT2D eigenvalue weighted by molar-refractivity contribution is 0.0596. The zero-order valence-corrected chi connectivity index (χ0v) is 13.4. The molecule has 2 heterocycles. The maximum Gasteiger partial charge on any atom is 0.254 e. The molecule has 0 atom stereocenters. The van der Waals surface area contributed by atoms with Crippen LogP contribution in [0.15, 0.2) is 11.4 Å². The number of amides is 1. The lowest BCUT2D eigenvalue weighted by Crippen LogP contribution is -2.50.